The third kappa shape index (κ3) is 5.39. The molecule has 13 nitrogen and oxygen atoms in total. The summed E-state index contributed by atoms with van der Waals surface area (Å²) in [7, 11) is 2.72. The zero-order chi connectivity index (χ0) is 25.2. The number of benzene rings is 1. The maximum atomic E-state index is 10.4. The second-order valence-electron chi connectivity index (χ2n) is 8.13. The molecule has 10 atom stereocenters. The Labute approximate surface area is 195 Å². The average Bonchev–Trinajstić information content (AvgIpc) is 2.84. The molecule has 1 aromatic rings. The molecule has 0 aromatic heterocycles. The molecule has 13 heteroatoms. The van der Waals surface area contributed by atoms with Crippen LogP contribution in [0.2, 0.25) is 0 Å². The molecule has 0 amide bonds. The fourth-order valence-corrected chi connectivity index (χ4v) is 3.75. The van der Waals surface area contributed by atoms with Gasteiger partial charge in [-0.15, -0.1) is 0 Å². The standard InChI is InChI=1S/C21H32O13/c1-8-13(23)15(25)17(27)20(32-8)31-7-12-14(24)16(26)18(28)21(33-12)34-19-10(29-2)4-9(6-22)5-11(19)30-3/h4-5,8,12-18,20-28H,6-7H2,1-3H3. The van der Waals surface area contributed by atoms with Gasteiger partial charge in [-0.25, -0.2) is 0 Å². The zero-order valence-corrected chi connectivity index (χ0v) is 18.9. The molecule has 0 radical (unpaired) electrons. The molecule has 2 fully saturated rings. The molecule has 0 saturated carbocycles. The van der Waals surface area contributed by atoms with Crippen LogP contribution in [0.5, 0.6) is 17.2 Å². The lowest BCUT2D eigenvalue weighted by Gasteiger charge is -2.42. The molecule has 34 heavy (non-hydrogen) atoms. The van der Waals surface area contributed by atoms with Gasteiger partial charge in [0.1, 0.15) is 42.7 Å². The summed E-state index contributed by atoms with van der Waals surface area (Å²) in [6.45, 7) is 0.758. The maximum Gasteiger partial charge on any atom is 0.229 e. The topological polar surface area (TPSA) is 197 Å². The van der Waals surface area contributed by atoms with Crippen molar-refractivity contribution < 1.29 is 64.2 Å². The van der Waals surface area contributed by atoms with Gasteiger partial charge in [-0.05, 0) is 24.6 Å². The Morgan fingerprint density at radius 1 is 0.765 bits per heavy atom. The van der Waals surface area contributed by atoms with E-state index in [9.17, 15) is 35.7 Å². The number of aliphatic hydroxyl groups excluding tert-OH is 7. The second kappa shape index (κ2) is 11.3. The maximum absolute atomic E-state index is 10.4. The highest BCUT2D eigenvalue weighted by Crippen LogP contribution is 2.40. The van der Waals surface area contributed by atoms with E-state index in [1.54, 1.807) is 0 Å². The smallest absolute Gasteiger partial charge is 0.229 e. The van der Waals surface area contributed by atoms with Crippen LogP contribution in [-0.4, -0.2) is 118 Å². The summed E-state index contributed by atoms with van der Waals surface area (Å²) in [5.41, 5.74) is 0.473. The van der Waals surface area contributed by atoms with Crippen molar-refractivity contribution in [2.24, 2.45) is 0 Å². The number of aliphatic hydroxyl groups is 7. The number of methoxy groups -OCH3 is 2. The van der Waals surface area contributed by atoms with Crippen molar-refractivity contribution in [1.29, 1.82) is 0 Å². The molecular formula is C21H32O13. The minimum Gasteiger partial charge on any atom is -0.493 e. The van der Waals surface area contributed by atoms with Crippen molar-refractivity contribution in [3.05, 3.63) is 17.7 Å². The van der Waals surface area contributed by atoms with Gasteiger partial charge >= 0.3 is 0 Å². The van der Waals surface area contributed by atoms with E-state index < -0.39 is 68.0 Å². The van der Waals surface area contributed by atoms with Gasteiger partial charge in [0.05, 0.1) is 33.5 Å². The van der Waals surface area contributed by atoms with Crippen LogP contribution in [0, 0.1) is 0 Å². The monoisotopic (exact) mass is 492 g/mol. The molecule has 0 bridgehead atoms. The lowest BCUT2D eigenvalue weighted by molar-refractivity contribution is -0.318. The predicted molar refractivity (Wildman–Crippen MR) is 111 cm³/mol. The predicted octanol–water partition coefficient (Wildman–Crippen LogP) is -2.77. The van der Waals surface area contributed by atoms with E-state index >= 15 is 0 Å². The number of hydrogen-bond donors (Lipinski definition) is 7. The SMILES string of the molecule is COc1cc(CO)cc(OC)c1OC1OC(COC2OC(C)C(O)C(O)C2O)C(O)C(O)C1O. The van der Waals surface area contributed by atoms with Crippen molar-refractivity contribution in [3.8, 4) is 17.2 Å². The normalized spacial score (nSPS) is 38.4. The second-order valence-corrected chi connectivity index (χ2v) is 8.13. The minimum atomic E-state index is -1.69. The molecule has 2 saturated heterocycles. The minimum absolute atomic E-state index is 0.0199. The van der Waals surface area contributed by atoms with Crippen molar-refractivity contribution >= 4 is 0 Å². The van der Waals surface area contributed by atoms with Gasteiger partial charge < -0.3 is 64.2 Å². The van der Waals surface area contributed by atoms with Gasteiger partial charge in [0.25, 0.3) is 0 Å². The Kier molecular flexibility index (Phi) is 8.92. The summed E-state index contributed by atoms with van der Waals surface area (Å²) in [6.07, 6.45) is -14.3. The van der Waals surface area contributed by atoms with Crippen molar-refractivity contribution in [3.63, 3.8) is 0 Å². The van der Waals surface area contributed by atoms with Crippen LogP contribution in [0.15, 0.2) is 12.1 Å². The Bertz CT molecular complexity index is 782. The molecular weight excluding hydrogens is 460 g/mol. The summed E-state index contributed by atoms with van der Waals surface area (Å²) in [4.78, 5) is 0. The van der Waals surface area contributed by atoms with Gasteiger partial charge in [0.15, 0.2) is 17.8 Å². The number of hydrogen-bond acceptors (Lipinski definition) is 13. The van der Waals surface area contributed by atoms with Crippen LogP contribution in [0.3, 0.4) is 0 Å². The highest BCUT2D eigenvalue weighted by atomic mass is 16.7. The van der Waals surface area contributed by atoms with Gasteiger partial charge in [-0.3, -0.25) is 0 Å². The molecule has 2 heterocycles. The highest BCUT2D eigenvalue weighted by molar-refractivity contribution is 5.53. The molecule has 2 aliphatic rings. The van der Waals surface area contributed by atoms with E-state index in [0.717, 1.165) is 0 Å². The van der Waals surface area contributed by atoms with Crippen LogP contribution in [0.25, 0.3) is 0 Å². The summed E-state index contributed by atoms with van der Waals surface area (Å²) in [5.74, 6) is 0.340. The van der Waals surface area contributed by atoms with E-state index in [2.05, 4.69) is 0 Å². The van der Waals surface area contributed by atoms with E-state index in [1.165, 1.54) is 33.3 Å². The summed E-state index contributed by atoms with van der Waals surface area (Å²) < 4.78 is 32.7. The third-order valence-electron chi connectivity index (χ3n) is 5.84. The lowest BCUT2D eigenvalue weighted by Crippen LogP contribution is -2.61. The van der Waals surface area contributed by atoms with Crippen LogP contribution in [0.4, 0.5) is 0 Å². The first-order valence-corrected chi connectivity index (χ1v) is 10.7. The molecule has 1 aromatic carbocycles. The van der Waals surface area contributed by atoms with Crippen molar-refractivity contribution in [1.82, 2.24) is 0 Å². The third-order valence-corrected chi connectivity index (χ3v) is 5.84. The Hall–Kier alpha value is -1.78. The molecule has 0 aliphatic carbocycles. The molecule has 3 rings (SSSR count). The van der Waals surface area contributed by atoms with Gasteiger partial charge in [0.2, 0.25) is 12.0 Å². The van der Waals surface area contributed by atoms with Crippen LogP contribution < -0.4 is 14.2 Å². The van der Waals surface area contributed by atoms with Crippen molar-refractivity contribution in [2.45, 2.75) is 74.9 Å². The van der Waals surface area contributed by atoms with Crippen LogP contribution in [-0.2, 0) is 20.8 Å². The van der Waals surface area contributed by atoms with Gasteiger partial charge in [-0.1, -0.05) is 0 Å². The van der Waals surface area contributed by atoms with E-state index in [-0.39, 0.29) is 23.9 Å². The molecule has 194 valence electrons. The highest BCUT2D eigenvalue weighted by Gasteiger charge is 2.47. The number of ether oxygens (including phenoxy) is 6. The molecule has 10 unspecified atom stereocenters. The van der Waals surface area contributed by atoms with Gasteiger partial charge in [-0.2, -0.15) is 0 Å². The molecule has 0 spiro atoms. The quantitative estimate of drug-likeness (QED) is 0.197. The fraction of sp³-hybridized carbons (Fsp3) is 0.714. The lowest BCUT2D eigenvalue weighted by atomic mass is 9.98. The summed E-state index contributed by atoms with van der Waals surface area (Å²) >= 11 is 0. The van der Waals surface area contributed by atoms with Crippen molar-refractivity contribution in [2.75, 3.05) is 20.8 Å². The number of rotatable bonds is 8. The first kappa shape index (κ1) is 26.8. The molecule has 7 N–H and O–H groups in total. The summed E-state index contributed by atoms with van der Waals surface area (Å²) in [6, 6.07) is 2.98. The van der Waals surface area contributed by atoms with E-state index in [4.69, 9.17) is 28.4 Å². The average molecular weight is 492 g/mol. The van der Waals surface area contributed by atoms with Crippen LogP contribution >= 0.6 is 0 Å². The van der Waals surface area contributed by atoms with E-state index in [1.807, 2.05) is 0 Å². The Morgan fingerprint density at radius 2 is 1.32 bits per heavy atom. The Morgan fingerprint density at radius 3 is 1.88 bits per heavy atom. The fourth-order valence-electron chi connectivity index (χ4n) is 3.75. The zero-order valence-electron chi connectivity index (χ0n) is 18.9. The molecule has 2 aliphatic heterocycles. The Balaban J connectivity index is 1.74. The van der Waals surface area contributed by atoms with Crippen LogP contribution in [0.1, 0.15) is 12.5 Å². The van der Waals surface area contributed by atoms with E-state index in [0.29, 0.717) is 5.56 Å². The van der Waals surface area contributed by atoms with Gasteiger partial charge in [0, 0.05) is 0 Å². The first-order valence-electron chi connectivity index (χ1n) is 10.7. The summed E-state index contributed by atoms with van der Waals surface area (Å²) in [5, 5.41) is 70.3. The first-order chi connectivity index (χ1) is 16.1. The largest absolute Gasteiger partial charge is 0.493 e.